The van der Waals surface area contributed by atoms with E-state index in [0.29, 0.717) is 12.8 Å². The van der Waals surface area contributed by atoms with E-state index in [0.717, 1.165) is 39.8 Å². The predicted octanol–water partition coefficient (Wildman–Crippen LogP) is 5.40. The molecule has 6 atom stereocenters. The number of benzene rings is 2. The van der Waals surface area contributed by atoms with E-state index < -0.39 is 54.1 Å². The lowest BCUT2D eigenvalue weighted by atomic mass is 9.86. The molecule has 0 aliphatic rings. The van der Waals surface area contributed by atoms with Crippen LogP contribution in [0.5, 0.6) is 0 Å². The van der Waals surface area contributed by atoms with Crippen LogP contribution in [0, 0.1) is 52.4 Å². The molecule has 0 heterocycles. The molecule has 4 amide bonds. The summed E-state index contributed by atoms with van der Waals surface area (Å²) in [7, 11) is 0. The highest BCUT2D eigenvalue weighted by Crippen LogP contribution is 2.27. The summed E-state index contributed by atoms with van der Waals surface area (Å²) in [4.78, 5) is 54.2. The van der Waals surface area contributed by atoms with Crippen LogP contribution in [-0.2, 0) is 32.1 Å². The number of amides is 4. The maximum absolute atomic E-state index is 14.2. The van der Waals surface area contributed by atoms with Crippen molar-refractivity contribution in [2.75, 3.05) is 6.61 Å². The number of ether oxygens (including phenoxy) is 1. The molecule has 0 bridgehead atoms. The summed E-state index contributed by atoms with van der Waals surface area (Å²) in [6, 6.07) is 5.97. The van der Waals surface area contributed by atoms with Gasteiger partial charge in [0.05, 0.1) is 31.2 Å². The minimum absolute atomic E-state index is 0.00963. The number of carbonyl (C=O) groups excluding carboxylic acids is 4. The molecule has 0 unspecified atom stereocenters. The van der Waals surface area contributed by atoms with Crippen molar-refractivity contribution in [3.63, 3.8) is 0 Å². The third-order valence-electron chi connectivity index (χ3n) is 10.5. The van der Waals surface area contributed by atoms with E-state index in [9.17, 15) is 29.4 Å². The van der Waals surface area contributed by atoms with Crippen LogP contribution in [0.15, 0.2) is 30.3 Å². The first kappa shape index (κ1) is 45.2. The van der Waals surface area contributed by atoms with Gasteiger partial charge in [-0.1, -0.05) is 78.3 Å². The van der Waals surface area contributed by atoms with Gasteiger partial charge in [-0.2, -0.15) is 0 Å². The molecule has 0 spiro atoms. The number of aliphatic hydroxyl groups excluding tert-OH is 2. The summed E-state index contributed by atoms with van der Waals surface area (Å²) in [5.74, 6) is -1.33. The van der Waals surface area contributed by atoms with Gasteiger partial charge in [-0.15, -0.1) is 0 Å². The zero-order valence-electron chi connectivity index (χ0n) is 33.9. The fraction of sp³-hybridized carbons (Fsp3) is 0.619. The summed E-state index contributed by atoms with van der Waals surface area (Å²) in [5.41, 5.74) is 7.20. The Hall–Kier alpha value is -3.96. The average Bonchev–Trinajstić information content (AvgIpc) is 3.11. The van der Waals surface area contributed by atoms with Gasteiger partial charge >= 0.3 is 6.09 Å². The van der Waals surface area contributed by atoms with Gasteiger partial charge in [-0.3, -0.25) is 14.4 Å². The second kappa shape index (κ2) is 21.7. The van der Waals surface area contributed by atoms with E-state index in [1.54, 1.807) is 0 Å². The molecular weight excluding hydrogens is 672 g/mol. The molecule has 0 fully saturated rings. The maximum atomic E-state index is 14.2. The van der Waals surface area contributed by atoms with Crippen molar-refractivity contribution in [3.8, 4) is 0 Å². The molecular formula is C42H66N4O7. The molecule has 11 nitrogen and oxygen atoms in total. The molecule has 296 valence electrons. The molecule has 0 saturated heterocycles. The Morgan fingerprint density at radius 2 is 1.25 bits per heavy atom. The number of hydrogen-bond donors (Lipinski definition) is 6. The third-order valence-corrected chi connectivity index (χ3v) is 10.5. The number of aliphatic hydroxyl groups is 2. The lowest BCUT2D eigenvalue weighted by Gasteiger charge is -2.30. The van der Waals surface area contributed by atoms with Gasteiger partial charge in [0.25, 0.3) is 0 Å². The Labute approximate surface area is 317 Å². The van der Waals surface area contributed by atoms with Crippen molar-refractivity contribution in [2.45, 2.75) is 145 Å². The van der Waals surface area contributed by atoms with Gasteiger partial charge in [-0.05, 0) is 104 Å². The number of nitrogens with one attached hydrogen (secondary N) is 4. The fourth-order valence-corrected chi connectivity index (χ4v) is 6.53. The van der Waals surface area contributed by atoms with Crippen LogP contribution in [0.4, 0.5) is 4.79 Å². The summed E-state index contributed by atoms with van der Waals surface area (Å²) in [6.07, 6.45) is -0.613. The van der Waals surface area contributed by atoms with E-state index in [2.05, 4.69) is 28.2 Å². The zero-order valence-corrected chi connectivity index (χ0v) is 33.9. The smallest absolute Gasteiger partial charge is 0.408 e. The molecule has 6 N–H and O–H groups in total. The van der Waals surface area contributed by atoms with E-state index >= 15 is 0 Å². The zero-order chi connectivity index (χ0) is 40.0. The molecule has 0 radical (unpaired) electrons. The first-order chi connectivity index (χ1) is 24.9. The highest BCUT2D eigenvalue weighted by molar-refractivity contribution is 5.91. The largest absolute Gasteiger partial charge is 0.445 e. The van der Waals surface area contributed by atoms with Gasteiger partial charge in [0.15, 0.2) is 0 Å². The Bertz CT molecular complexity index is 1480. The normalized spacial score (nSPS) is 14.8. The lowest BCUT2D eigenvalue weighted by Crippen LogP contribution is -2.57. The monoisotopic (exact) mass is 738 g/mol. The first-order valence-corrected chi connectivity index (χ1v) is 19.1. The highest BCUT2D eigenvalue weighted by Gasteiger charge is 2.32. The SMILES string of the molecule is CC[C@H](C)[C@@H](CO)NC(=O)C[C@H](O)[C@H](CC(C)C)NC(=O)[C@H](CC(C)C)NC(=O)[C@H](Cc1c(C)c(C)c(C)c(C)c1C)NC(=O)OCc1ccccc1. The van der Waals surface area contributed by atoms with Crippen molar-refractivity contribution < 1.29 is 34.1 Å². The Kier molecular flexibility index (Phi) is 18.5. The first-order valence-electron chi connectivity index (χ1n) is 19.1. The van der Waals surface area contributed by atoms with Crippen molar-refractivity contribution >= 4 is 23.8 Å². The summed E-state index contributed by atoms with van der Waals surface area (Å²) < 4.78 is 5.50. The predicted molar refractivity (Wildman–Crippen MR) is 209 cm³/mol. The van der Waals surface area contributed by atoms with Gasteiger partial charge in [0.1, 0.15) is 18.7 Å². The van der Waals surface area contributed by atoms with Gasteiger partial charge in [0, 0.05) is 6.42 Å². The molecule has 53 heavy (non-hydrogen) atoms. The summed E-state index contributed by atoms with van der Waals surface area (Å²) in [5, 5.41) is 32.4. The van der Waals surface area contributed by atoms with E-state index in [4.69, 9.17) is 4.74 Å². The lowest BCUT2D eigenvalue weighted by molar-refractivity contribution is -0.132. The molecule has 0 saturated carbocycles. The molecule has 0 aliphatic heterocycles. The minimum Gasteiger partial charge on any atom is -0.445 e. The second-order valence-corrected chi connectivity index (χ2v) is 15.5. The summed E-state index contributed by atoms with van der Waals surface area (Å²) in [6.45, 7) is 21.7. The third kappa shape index (κ3) is 14.1. The van der Waals surface area contributed by atoms with Gasteiger partial charge in [-0.25, -0.2) is 4.79 Å². The van der Waals surface area contributed by atoms with Crippen LogP contribution >= 0.6 is 0 Å². The molecule has 2 aromatic rings. The van der Waals surface area contributed by atoms with Crippen molar-refractivity contribution in [1.29, 1.82) is 0 Å². The molecule has 2 rings (SSSR count). The minimum atomic E-state index is -1.21. The van der Waals surface area contributed by atoms with Crippen LogP contribution in [0.25, 0.3) is 0 Å². The maximum Gasteiger partial charge on any atom is 0.408 e. The van der Waals surface area contributed by atoms with Crippen LogP contribution < -0.4 is 21.3 Å². The van der Waals surface area contributed by atoms with Crippen molar-refractivity contribution in [2.24, 2.45) is 17.8 Å². The molecule has 2 aromatic carbocycles. The quantitative estimate of drug-likeness (QED) is 0.106. The van der Waals surface area contributed by atoms with Crippen molar-refractivity contribution in [1.82, 2.24) is 21.3 Å². The van der Waals surface area contributed by atoms with Crippen LogP contribution in [-0.4, -0.2) is 70.9 Å². The standard InChI is InChI=1S/C42H66N4O7/c1-12-26(6)37(22-47)43-39(49)21-38(48)34(18-24(2)3)44-40(50)35(19-25(4)5)45-41(51)36(46-42(52)53-23-32-16-14-13-15-17-32)20-33-30(10)28(8)27(7)29(9)31(33)11/h13-17,24-26,34-38,47-48H,12,18-23H2,1-11H3,(H,43,49)(H,44,50)(H,45,51)(H,46,52)/t26-,34-,35-,36-,37+,38-/m0/s1. The number of alkyl carbamates (subject to hydrolysis) is 1. The van der Waals surface area contributed by atoms with Crippen LogP contribution in [0.2, 0.25) is 0 Å². The number of rotatable bonds is 20. The Balaban J connectivity index is 2.36. The molecule has 0 aliphatic carbocycles. The number of carbonyl (C=O) groups is 4. The van der Waals surface area contributed by atoms with E-state index in [1.165, 1.54) is 5.56 Å². The van der Waals surface area contributed by atoms with E-state index in [1.807, 2.05) is 99.6 Å². The summed E-state index contributed by atoms with van der Waals surface area (Å²) >= 11 is 0. The average molecular weight is 739 g/mol. The van der Waals surface area contributed by atoms with Gasteiger partial charge in [0.2, 0.25) is 17.7 Å². The van der Waals surface area contributed by atoms with Crippen molar-refractivity contribution in [3.05, 3.63) is 69.3 Å². The van der Waals surface area contributed by atoms with Gasteiger partial charge < -0.3 is 36.2 Å². The topological polar surface area (TPSA) is 166 Å². The van der Waals surface area contributed by atoms with Crippen LogP contribution in [0.3, 0.4) is 0 Å². The fourth-order valence-electron chi connectivity index (χ4n) is 6.53. The van der Waals surface area contributed by atoms with E-state index in [-0.39, 0.29) is 43.8 Å². The molecule has 11 heteroatoms. The highest BCUT2D eigenvalue weighted by atomic mass is 16.5. The Morgan fingerprint density at radius 3 is 1.77 bits per heavy atom. The molecule has 0 aromatic heterocycles. The second-order valence-electron chi connectivity index (χ2n) is 15.5. The van der Waals surface area contributed by atoms with Crippen LogP contribution in [0.1, 0.15) is 106 Å². The number of hydrogen-bond acceptors (Lipinski definition) is 7. The Morgan fingerprint density at radius 1 is 0.698 bits per heavy atom.